The Morgan fingerprint density at radius 1 is 1.35 bits per heavy atom. The highest BCUT2D eigenvalue weighted by atomic mass is 15.2. The summed E-state index contributed by atoms with van der Waals surface area (Å²) in [6.07, 6.45) is 4.24. The topological polar surface area (TPSA) is 54.9 Å². The molecule has 86 valence electrons. The predicted molar refractivity (Wildman–Crippen MR) is 66.2 cm³/mol. The molecule has 1 aromatic carbocycles. The van der Waals surface area contributed by atoms with E-state index in [1.54, 1.807) is 0 Å². The summed E-state index contributed by atoms with van der Waals surface area (Å²) in [4.78, 5) is 5.07. The van der Waals surface area contributed by atoms with Crippen molar-refractivity contribution in [1.82, 2.24) is 15.2 Å². The quantitative estimate of drug-likeness (QED) is 0.726. The van der Waals surface area contributed by atoms with Gasteiger partial charge in [-0.1, -0.05) is 12.1 Å². The lowest BCUT2D eigenvalue weighted by Crippen LogP contribution is -2.43. The number of aromatic nitrogens is 1. The molecule has 2 aromatic rings. The van der Waals surface area contributed by atoms with Crippen LogP contribution in [0.1, 0.15) is 11.6 Å². The van der Waals surface area contributed by atoms with Crippen LogP contribution in [0.15, 0.2) is 30.5 Å². The van der Waals surface area contributed by atoms with Crippen LogP contribution in [0.3, 0.4) is 0 Å². The van der Waals surface area contributed by atoms with Crippen molar-refractivity contribution in [3.63, 3.8) is 0 Å². The van der Waals surface area contributed by atoms with Crippen molar-refractivity contribution in [3.05, 3.63) is 36.0 Å². The van der Waals surface area contributed by atoms with Gasteiger partial charge in [0.2, 0.25) is 0 Å². The maximum Gasteiger partial charge on any atom is 0.179 e. The highest BCUT2D eigenvalue weighted by Crippen LogP contribution is 2.28. The maximum absolute atomic E-state index is 9.19. The molecule has 1 aliphatic rings. The highest BCUT2D eigenvalue weighted by molar-refractivity contribution is 5.83. The van der Waals surface area contributed by atoms with Gasteiger partial charge < -0.3 is 15.2 Å². The lowest BCUT2D eigenvalue weighted by molar-refractivity contribution is 0.244. The van der Waals surface area contributed by atoms with Gasteiger partial charge in [0.25, 0.3) is 0 Å². The van der Waals surface area contributed by atoms with Gasteiger partial charge in [0, 0.05) is 36.7 Å². The number of nitriles is 1. The van der Waals surface area contributed by atoms with Crippen LogP contribution in [0.4, 0.5) is 0 Å². The van der Waals surface area contributed by atoms with Gasteiger partial charge in [0.1, 0.15) is 0 Å². The minimum Gasteiger partial charge on any atom is -0.361 e. The molecule has 4 heteroatoms. The molecule has 1 saturated heterocycles. The van der Waals surface area contributed by atoms with E-state index >= 15 is 0 Å². The first-order valence-electron chi connectivity index (χ1n) is 5.83. The number of nitrogens with zero attached hydrogens (tertiary/aromatic N) is 2. The van der Waals surface area contributed by atoms with Gasteiger partial charge in [0.05, 0.1) is 6.04 Å². The SMILES string of the molecule is N#CN1CCNCC1c1cccc2[nH]ccc12. The number of aromatic amines is 1. The van der Waals surface area contributed by atoms with Crippen molar-refractivity contribution in [2.24, 2.45) is 0 Å². The van der Waals surface area contributed by atoms with E-state index in [0.717, 1.165) is 25.2 Å². The van der Waals surface area contributed by atoms with Crippen LogP contribution in [0.5, 0.6) is 0 Å². The van der Waals surface area contributed by atoms with Crippen LogP contribution in [-0.2, 0) is 0 Å². The Kier molecular flexibility index (Phi) is 2.46. The molecular formula is C13H14N4. The predicted octanol–water partition coefficient (Wildman–Crippen LogP) is 1.60. The molecule has 0 aliphatic carbocycles. The summed E-state index contributed by atoms with van der Waals surface area (Å²) in [5.41, 5.74) is 2.35. The molecule has 0 amide bonds. The third kappa shape index (κ3) is 1.65. The second kappa shape index (κ2) is 4.11. The summed E-state index contributed by atoms with van der Waals surface area (Å²) in [5.74, 6) is 0. The molecule has 1 fully saturated rings. The fourth-order valence-corrected chi connectivity index (χ4v) is 2.50. The fourth-order valence-electron chi connectivity index (χ4n) is 2.50. The monoisotopic (exact) mass is 226 g/mol. The average Bonchev–Trinajstić information content (AvgIpc) is 2.86. The Bertz CT molecular complexity index is 566. The number of fused-ring (bicyclic) bond motifs is 1. The van der Waals surface area contributed by atoms with E-state index in [-0.39, 0.29) is 6.04 Å². The summed E-state index contributed by atoms with van der Waals surface area (Å²) in [5, 5.41) is 13.7. The van der Waals surface area contributed by atoms with Crippen LogP contribution in [0, 0.1) is 11.5 Å². The summed E-state index contributed by atoms with van der Waals surface area (Å²) in [6.45, 7) is 2.49. The maximum atomic E-state index is 9.19. The summed E-state index contributed by atoms with van der Waals surface area (Å²) >= 11 is 0. The minimum absolute atomic E-state index is 0.147. The Morgan fingerprint density at radius 3 is 3.18 bits per heavy atom. The molecule has 4 nitrogen and oxygen atoms in total. The van der Waals surface area contributed by atoms with E-state index in [2.05, 4.69) is 34.7 Å². The van der Waals surface area contributed by atoms with Crippen LogP contribution in [-0.4, -0.2) is 29.5 Å². The van der Waals surface area contributed by atoms with Gasteiger partial charge in [-0.25, -0.2) is 0 Å². The standard InChI is InChI=1S/C13H14N4/c14-9-17-7-6-15-8-13(17)11-2-1-3-12-10(11)4-5-16-12/h1-5,13,15-16H,6-8H2. The zero-order chi connectivity index (χ0) is 11.7. The third-order valence-corrected chi connectivity index (χ3v) is 3.36. The number of nitrogens with one attached hydrogen (secondary N) is 2. The van der Waals surface area contributed by atoms with E-state index in [1.807, 2.05) is 17.2 Å². The number of benzene rings is 1. The second-order valence-corrected chi connectivity index (χ2v) is 4.30. The van der Waals surface area contributed by atoms with E-state index in [9.17, 15) is 5.26 Å². The minimum atomic E-state index is 0.147. The number of hydrogen-bond acceptors (Lipinski definition) is 3. The molecule has 1 unspecified atom stereocenters. The molecule has 17 heavy (non-hydrogen) atoms. The highest BCUT2D eigenvalue weighted by Gasteiger charge is 2.24. The van der Waals surface area contributed by atoms with Gasteiger partial charge in [0.15, 0.2) is 6.19 Å². The molecule has 1 aliphatic heterocycles. The van der Waals surface area contributed by atoms with E-state index in [4.69, 9.17) is 0 Å². The Hall–Kier alpha value is -1.99. The number of H-pyrrole nitrogens is 1. The Balaban J connectivity index is 2.07. The summed E-state index contributed by atoms with van der Waals surface area (Å²) in [6, 6.07) is 8.44. The molecule has 1 aromatic heterocycles. The Morgan fingerprint density at radius 2 is 2.29 bits per heavy atom. The van der Waals surface area contributed by atoms with Crippen molar-refractivity contribution in [2.45, 2.75) is 6.04 Å². The molecule has 2 heterocycles. The number of hydrogen-bond donors (Lipinski definition) is 2. The molecule has 2 N–H and O–H groups in total. The molecule has 0 saturated carbocycles. The summed E-state index contributed by atoms with van der Waals surface area (Å²) < 4.78 is 0. The van der Waals surface area contributed by atoms with E-state index in [1.165, 1.54) is 10.9 Å². The smallest absolute Gasteiger partial charge is 0.179 e. The van der Waals surface area contributed by atoms with Gasteiger partial charge in [-0.15, -0.1) is 0 Å². The van der Waals surface area contributed by atoms with Gasteiger partial charge in [-0.2, -0.15) is 5.26 Å². The Labute approximate surface area is 99.8 Å². The molecular weight excluding hydrogens is 212 g/mol. The van der Waals surface area contributed by atoms with Gasteiger partial charge >= 0.3 is 0 Å². The first kappa shape index (κ1) is 10.2. The van der Waals surface area contributed by atoms with E-state index < -0.39 is 0 Å². The van der Waals surface area contributed by atoms with Crippen LogP contribution in [0.25, 0.3) is 10.9 Å². The van der Waals surface area contributed by atoms with Crippen LogP contribution in [0.2, 0.25) is 0 Å². The zero-order valence-corrected chi connectivity index (χ0v) is 9.48. The van der Waals surface area contributed by atoms with Crippen molar-refractivity contribution >= 4 is 10.9 Å². The van der Waals surface area contributed by atoms with Gasteiger partial charge in [-0.3, -0.25) is 0 Å². The van der Waals surface area contributed by atoms with Crippen molar-refractivity contribution in [3.8, 4) is 6.19 Å². The second-order valence-electron chi connectivity index (χ2n) is 4.30. The largest absolute Gasteiger partial charge is 0.361 e. The zero-order valence-electron chi connectivity index (χ0n) is 9.48. The van der Waals surface area contributed by atoms with Crippen LogP contribution < -0.4 is 5.32 Å². The molecule has 1 atom stereocenters. The first-order chi connectivity index (χ1) is 8.40. The average molecular weight is 226 g/mol. The first-order valence-corrected chi connectivity index (χ1v) is 5.83. The van der Waals surface area contributed by atoms with Crippen LogP contribution >= 0.6 is 0 Å². The molecule has 0 spiro atoms. The molecule has 0 radical (unpaired) electrons. The lowest BCUT2D eigenvalue weighted by Gasteiger charge is -2.32. The number of rotatable bonds is 1. The summed E-state index contributed by atoms with van der Waals surface area (Å²) in [7, 11) is 0. The third-order valence-electron chi connectivity index (χ3n) is 3.36. The van der Waals surface area contributed by atoms with Crippen molar-refractivity contribution in [2.75, 3.05) is 19.6 Å². The van der Waals surface area contributed by atoms with Crippen molar-refractivity contribution < 1.29 is 0 Å². The normalized spacial score (nSPS) is 20.4. The molecule has 0 bridgehead atoms. The fraction of sp³-hybridized carbons (Fsp3) is 0.308. The molecule has 3 rings (SSSR count). The van der Waals surface area contributed by atoms with E-state index in [0.29, 0.717) is 0 Å². The number of piperazine rings is 1. The van der Waals surface area contributed by atoms with Gasteiger partial charge in [-0.05, 0) is 17.7 Å². The van der Waals surface area contributed by atoms with Crippen molar-refractivity contribution in [1.29, 1.82) is 5.26 Å². The lowest BCUT2D eigenvalue weighted by atomic mass is 10.00.